The summed E-state index contributed by atoms with van der Waals surface area (Å²) in [5.41, 5.74) is 1.11. The minimum Gasteiger partial charge on any atom is -0.480 e. The molecule has 2 fully saturated rings. The number of nitrogens with zero attached hydrogens (tertiary/aromatic N) is 1. The third-order valence-electron chi connectivity index (χ3n) is 5.48. The summed E-state index contributed by atoms with van der Waals surface area (Å²) in [6, 6.07) is 7.30. The Morgan fingerprint density at radius 1 is 1.20 bits per heavy atom. The van der Waals surface area contributed by atoms with Gasteiger partial charge < -0.3 is 10.4 Å². The van der Waals surface area contributed by atoms with Gasteiger partial charge in [0.1, 0.15) is 6.04 Å². The Kier molecular flexibility index (Phi) is 5.97. The molecule has 1 aromatic rings. The number of hydrogen-bond acceptors (Lipinski definition) is 3. The maximum atomic E-state index is 12.3. The van der Waals surface area contributed by atoms with Crippen molar-refractivity contribution < 1.29 is 14.7 Å². The summed E-state index contributed by atoms with van der Waals surface area (Å²) < 4.78 is 0. The average molecular weight is 365 g/mol. The maximum Gasteiger partial charge on any atom is 0.320 e. The number of carboxylic acids is 1. The monoisotopic (exact) mass is 364 g/mol. The normalized spacial score (nSPS) is 26.2. The fourth-order valence-electron chi connectivity index (χ4n) is 4.24. The van der Waals surface area contributed by atoms with E-state index in [-0.39, 0.29) is 18.5 Å². The Hall–Kier alpha value is -1.59. The molecular weight excluding hydrogens is 340 g/mol. The molecule has 3 rings (SSSR count). The summed E-state index contributed by atoms with van der Waals surface area (Å²) >= 11 is 5.86. The van der Waals surface area contributed by atoms with Crippen LogP contribution in [0.4, 0.5) is 0 Å². The van der Waals surface area contributed by atoms with Gasteiger partial charge in [0.25, 0.3) is 0 Å². The molecule has 0 bridgehead atoms. The van der Waals surface area contributed by atoms with Gasteiger partial charge in [0.2, 0.25) is 5.91 Å². The van der Waals surface area contributed by atoms with Gasteiger partial charge in [-0.15, -0.1) is 0 Å². The van der Waals surface area contributed by atoms with Crippen molar-refractivity contribution in [2.75, 3.05) is 13.1 Å². The van der Waals surface area contributed by atoms with E-state index in [4.69, 9.17) is 11.6 Å². The van der Waals surface area contributed by atoms with Crippen molar-refractivity contribution >= 4 is 23.5 Å². The molecule has 2 aliphatic rings. The van der Waals surface area contributed by atoms with E-state index in [1.807, 2.05) is 29.2 Å². The number of benzene rings is 1. The molecule has 1 saturated heterocycles. The quantitative estimate of drug-likeness (QED) is 0.814. The third kappa shape index (κ3) is 4.53. The standard InChI is InChI=1S/C19H25ClN2O3/c20-15-7-5-13(6-8-15)9-10-21-18(23)12-22-16-4-2-1-3-14(16)11-17(22)19(24)25/h5-8,14,16-17H,1-4,9-12H2,(H,21,23)(H,24,25). The largest absolute Gasteiger partial charge is 0.480 e. The zero-order valence-electron chi connectivity index (χ0n) is 14.3. The lowest BCUT2D eigenvalue weighted by atomic mass is 9.85. The van der Waals surface area contributed by atoms with Crippen LogP contribution in [0.1, 0.15) is 37.7 Å². The second kappa shape index (κ2) is 8.19. The molecule has 2 N–H and O–H groups in total. The van der Waals surface area contributed by atoms with Gasteiger partial charge in [-0.25, -0.2) is 0 Å². The molecule has 3 unspecified atom stereocenters. The Bertz CT molecular complexity index is 620. The summed E-state index contributed by atoms with van der Waals surface area (Å²) in [5.74, 6) is -0.466. The summed E-state index contributed by atoms with van der Waals surface area (Å²) in [4.78, 5) is 25.8. The second-order valence-corrected chi connectivity index (χ2v) is 7.54. The van der Waals surface area contributed by atoms with E-state index in [1.165, 1.54) is 6.42 Å². The highest BCUT2D eigenvalue weighted by atomic mass is 35.5. The maximum absolute atomic E-state index is 12.3. The molecule has 0 radical (unpaired) electrons. The van der Waals surface area contributed by atoms with Gasteiger partial charge in [-0.3, -0.25) is 14.5 Å². The van der Waals surface area contributed by atoms with Crippen molar-refractivity contribution in [3.63, 3.8) is 0 Å². The van der Waals surface area contributed by atoms with Crippen LogP contribution < -0.4 is 5.32 Å². The number of likely N-dealkylation sites (tertiary alicyclic amines) is 1. The van der Waals surface area contributed by atoms with Gasteiger partial charge in [0.05, 0.1) is 6.54 Å². The molecule has 0 aromatic heterocycles. The molecule has 5 nitrogen and oxygen atoms in total. The molecule has 25 heavy (non-hydrogen) atoms. The average Bonchev–Trinajstić information content (AvgIpc) is 2.96. The molecule has 1 saturated carbocycles. The number of fused-ring (bicyclic) bond motifs is 1. The van der Waals surface area contributed by atoms with Gasteiger partial charge in [0.15, 0.2) is 0 Å². The van der Waals surface area contributed by atoms with E-state index in [0.29, 0.717) is 23.9 Å². The number of carbonyl (C=O) groups excluding carboxylic acids is 1. The van der Waals surface area contributed by atoms with Crippen molar-refractivity contribution in [3.05, 3.63) is 34.9 Å². The lowest BCUT2D eigenvalue weighted by Gasteiger charge is -2.32. The fraction of sp³-hybridized carbons (Fsp3) is 0.579. The zero-order valence-corrected chi connectivity index (χ0v) is 15.0. The van der Waals surface area contributed by atoms with E-state index in [1.54, 1.807) is 0 Å². The van der Waals surface area contributed by atoms with Crippen LogP contribution >= 0.6 is 11.6 Å². The first-order valence-electron chi connectivity index (χ1n) is 9.04. The number of carbonyl (C=O) groups is 2. The topological polar surface area (TPSA) is 69.6 Å². The Labute approximate surface area is 153 Å². The van der Waals surface area contributed by atoms with Crippen LogP contribution in [-0.4, -0.2) is 47.1 Å². The summed E-state index contributed by atoms with van der Waals surface area (Å²) in [6.45, 7) is 0.721. The van der Waals surface area contributed by atoms with Gasteiger partial charge in [0, 0.05) is 17.6 Å². The number of halogens is 1. The van der Waals surface area contributed by atoms with Crippen LogP contribution in [-0.2, 0) is 16.0 Å². The lowest BCUT2D eigenvalue weighted by molar-refractivity contribution is -0.143. The summed E-state index contributed by atoms with van der Waals surface area (Å²) in [7, 11) is 0. The van der Waals surface area contributed by atoms with Gasteiger partial charge in [-0.1, -0.05) is 36.6 Å². The van der Waals surface area contributed by atoms with Crippen LogP contribution in [0, 0.1) is 5.92 Å². The van der Waals surface area contributed by atoms with Crippen LogP contribution in [0.3, 0.4) is 0 Å². The first-order valence-corrected chi connectivity index (χ1v) is 9.42. The lowest BCUT2D eigenvalue weighted by Crippen LogP contribution is -2.47. The van der Waals surface area contributed by atoms with Crippen molar-refractivity contribution in [2.45, 2.75) is 50.6 Å². The molecule has 1 aromatic carbocycles. The number of aliphatic carboxylic acids is 1. The molecule has 6 heteroatoms. The Morgan fingerprint density at radius 2 is 1.92 bits per heavy atom. The van der Waals surface area contributed by atoms with Crippen LogP contribution in [0.2, 0.25) is 5.02 Å². The van der Waals surface area contributed by atoms with Gasteiger partial charge in [-0.05, 0) is 49.3 Å². The van der Waals surface area contributed by atoms with E-state index in [9.17, 15) is 14.7 Å². The second-order valence-electron chi connectivity index (χ2n) is 7.10. The van der Waals surface area contributed by atoms with Gasteiger partial charge >= 0.3 is 5.97 Å². The molecular formula is C19H25ClN2O3. The molecule has 1 aliphatic carbocycles. The number of amides is 1. The zero-order chi connectivity index (χ0) is 17.8. The third-order valence-corrected chi connectivity index (χ3v) is 5.73. The van der Waals surface area contributed by atoms with Crippen molar-refractivity contribution in [3.8, 4) is 0 Å². The fourth-order valence-corrected chi connectivity index (χ4v) is 4.37. The minimum absolute atomic E-state index is 0.0913. The molecule has 136 valence electrons. The van der Waals surface area contributed by atoms with Gasteiger partial charge in [-0.2, -0.15) is 0 Å². The van der Waals surface area contributed by atoms with Crippen LogP contribution in [0.15, 0.2) is 24.3 Å². The van der Waals surface area contributed by atoms with E-state index < -0.39 is 12.0 Å². The van der Waals surface area contributed by atoms with Crippen LogP contribution in [0.25, 0.3) is 0 Å². The number of nitrogens with one attached hydrogen (secondary N) is 1. The molecule has 1 aliphatic heterocycles. The van der Waals surface area contributed by atoms with E-state index in [0.717, 1.165) is 31.2 Å². The molecule has 1 heterocycles. The molecule has 0 spiro atoms. The predicted molar refractivity (Wildman–Crippen MR) is 96.7 cm³/mol. The van der Waals surface area contributed by atoms with Crippen molar-refractivity contribution in [1.82, 2.24) is 10.2 Å². The minimum atomic E-state index is -0.802. The Morgan fingerprint density at radius 3 is 2.64 bits per heavy atom. The predicted octanol–water partition coefficient (Wildman–Crippen LogP) is 2.72. The highest BCUT2D eigenvalue weighted by molar-refractivity contribution is 6.30. The SMILES string of the molecule is O=C(CN1C(C(=O)O)CC2CCCCC21)NCCc1ccc(Cl)cc1. The number of carboxylic acid groups (broad SMARTS) is 1. The number of hydrogen-bond donors (Lipinski definition) is 2. The van der Waals surface area contributed by atoms with E-state index in [2.05, 4.69) is 5.32 Å². The van der Waals surface area contributed by atoms with E-state index >= 15 is 0 Å². The summed E-state index contributed by atoms with van der Waals surface area (Å²) in [6.07, 6.45) is 5.81. The van der Waals surface area contributed by atoms with Crippen molar-refractivity contribution in [2.24, 2.45) is 5.92 Å². The first kappa shape index (κ1) is 18.2. The molecule has 1 amide bonds. The Balaban J connectivity index is 1.51. The highest BCUT2D eigenvalue weighted by Crippen LogP contribution is 2.39. The highest BCUT2D eigenvalue weighted by Gasteiger charge is 2.45. The molecule has 3 atom stereocenters. The van der Waals surface area contributed by atoms with Crippen molar-refractivity contribution in [1.29, 1.82) is 0 Å². The first-order chi connectivity index (χ1) is 12.0. The number of rotatable bonds is 6. The summed E-state index contributed by atoms with van der Waals surface area (Å²) in [5, 5.41) is 13.1. The smallest absolute Gasteiger partial charge is 0.320 e. The van der Waals surface area contributed by atoms with Crippen LogP contribution in [0.5, 0.6) is 0 Å².